The van der Waals surface area contributed by atoms with Gasteiger partial charge in [0.25, 0.3) is 11.6 Å². The van der Waals surface area contributed by atoms with Crippen LogP contribution >= 0.6 is 0 Å². The molecule has 1 fully saturated rings. The summed E-state index contributed by atoms with van der Waals surface area (Å²) in [5, 5.41) is 11.5. The van der Waals surface area contributed by atoms with Crippen molar-refractivity contribution in [3.8, 4) is 0 Å². The Morgan fingerprint density at radius 2 is 1.80 bits per heavy atom. The lowest BCUT2D eigenvalue weighted by atomic mass is 9.94. The molecule has 0 aliphatic heterocycles. The molecule has 1 unspecified atom stereocenters. The van der Waals surface area contributed by atoms with Crippen molar-refractivity contribution in [1.29, 1.82) is 0 Å². The second-order valence-corrected chi connectivity index (χ2v) is 11.0. The second kappa shape index (κ2) is 13.6. The average molecular weight is 563 g/mol. The minimum Gasteiger partial charge on any atom is -0.345 e. The molecule has 2 amide bonds. The van der Waals surface area contributed by atoms with Crippen molar-refractivity contribution in [1.82, 2.24) is 14.4 Å². The number of nitrogens with zero attached hydrogens (tertiary/aromatic N) is 4. The molecule has 1 saturated carbocycles. The van der Waals surface area contributed by atoms with E-state index in [0.717, 1.165) is 43.4 Å². The van der Waals surface area contributed by atoms with Gasteiger partial charge in [-0.15, -0.1) is 0 Å². The molecule has 0 bridgehead atoms. The van der Waals surface area contributed by atoms with Crippen LogP contribution in [0.5, 0.6) is 0 Å². The molecule has 0 saturated heterocycles. The maximum absolute atomic E-state index is 14.0. The Morgan fingerprint density at radius 1 is 1.10 bits per heavy atom. The highest BCUT2D eigenvalue weighted by Gasteiger charge is 2.31. The monoisotopic (exact) mass is 562 g/mol. The zero-order valence-electron chi connectivity index (χ0n) is 24.1. The predicted molar refractivity (Wildman–Crippen MR) is 156 cm³/mol. The Bertz CT molecular complexity index is 1360. The number of amides is 2. The van der Waals surface area contributed by atoms with Gasteiger partial charge in [0.1, 0.15) is 12.4 Å². The summed E-state index contributed by atoms with van der Waals surface area (Å²) in [6, 6.07) is 14.6. The van der Waals surface area contributed by atoms with E-state index in [4.69, 9.17) is 0 Å². The van der Waals surface area contributed by atoms with Gasteiger partial charge in [-0.3, -0.25) is 19.7 Å². The molecular weight excluding hydrogens is 523 g/mol. The minimum atomic E-state index is -0.489. The first-order valence-electron chi connectivity index (χ1n) is 14.4. The van der Waals surface area contributed by atoms with Gasteiger partial charge in [-0.2, -0.15) is 0 Å². The molecule has 8 nitrogen and oxygen atoms in total. The van der Waals surface area contributed by atoms with Crippen molar-refractivity contribution >= 4 is 17.5 Å². The molecule has 3 aromatic rings. The van der Waals surface area contributed by atoms with Crippen molar-refractivity contribution in [2.45, 2.75) is 84.5 Å². The van der Waals surface area contributed by atoms with Gasteiger partial charge >= 0.3 is 0 Å². The number of nitro benzene ring substituents is 1. The number of aryl methyl sites for hydroxylation is 1. The Morgan fingerprint density at radius 3 is 2.46 bits per heavy atom. The highest BCUT2D eigenvalue weighted by Crippen LogP contribution is 2.26. The van der Waals surface area contributed by atoms with Gasteiger partial charge in [0.05, 0.1) is 11.5 Å². The fourth-order valence-electron chi connectivity index (χ4n) is 5.51. The average Bonchev–Trinajstić information content (AvgIpc) is 3.41. The first-order valence-corrected chi connectivity index (χ1v) is 14.4. The van der Waals surface area contributed by atoms with E-state index in [9.17, 15) is 24.1 Å². The van der Waals surface area contributed by atoms with Gasteiger partial charge < -0.3 is 14.4 Å². The Hall–Kier alpha value is -4.01. The lowest BCUT2D eigenvalue weighted by molar-refractivity contribution is -0.385. The normalized spacial score (nSPS) is 14.4. The van der Waals surface area contributed by atoms with Gasteiger partial charge in [0.2, 0.25) is 5.91 Å². The summed E-state index contributed by atoms with van der Waals surface area (Å²) in [6.45, 7) is 6.33. The molecule has 41 heavy (non-hydrogen) atoms. The van der Waals surface area contributed by atoms with Crippen molar-refractivity contribution in [3.05, 3.63) is 99.1 Å². The maximum Gasteiger partial charge on any atom is 0.273 e. The molecule has 2 aromatic carbocycles. The van der Waals surface area contributed by atoms with Gasteiger partial charge in [-0.1, -0.05) is 44.4 Å². The van der Waals surface area contributed by atoms with E-state index >= 15 is 0 Å². The molecule has 1 aromatic heterocycles. The number of halogens is 1. The van der Waals surface area contributed by atoms with Crippen LogP contribution in [0.4, 0.5) is 10.1 Å². The number of carbonyl (C=O) groups excluding carboxylic acids is 2. The molecular formula is C32H39FN4O4. The third-order valence-corrected chi connectivity index (χ3v) is 8.20. The number of hydrogen-bond donors (Lipinski definition) is 0. The molecule has 0 radical (unpaired) electrons. The molecule has 218 valence electrons. The largest absolute Gasteiger partial charge is 0.345 e. The SMILES string of the molecule is CCC(C)N(CC(=O)N(Cc1cccn1Cc1ccc(F)cc1)C1CCCCC1)C(=O)c1ccc(C)c([N+](=O)[O-])c1. The quantitative estimate of drug-likeness (QED) is 0.197. The van der Waals surface area contributed by atoms with E-state index in [0.29, 0.717) is 25.1 Å². The van der Waals surface area contributed by atoms with E-state index in [1.54, 1.807) is 36.1 Å². The standard InChI is InChI=1S/C32H39FN4O4/c1-4-24(3)35(32(39)26-15-12-23(2)30(19-26)37(40)41)22-31(38)36(28-9-6-5-7-10-28)21-29-11-8-18-34(29)20-25-13-16-27(33)17-14-25/h8,11-19,24,28H,4-7,9-10,20-22H2,1-3H3. The van der Waals surface area contributed by atoms with Crippen molar-refractivity contribution in [2.24, 2.45) is 0 Å². The number of hydrogen-bond acceptors (Lipinski definition) is 4. The van der Waals surface area contributed by atoms with Crippen LogP contribution < -0.4 is 0 Å². The summed E-state index contributed by atoms with van der Waals surface area (Å²) in [7, 11) is 0. The Balaban J connectivity index is 1.59. The molecule has 1 heterocycles. The molecule has 0 N–H and O–H groups in total. The minimum absolute atomic E-state index is 0.0692. The first kappa shape index (κ1) is 30.0. The molecule has 4 rings (SSSR count). The molecule has 0 spiro atoms. The topological polar surface area (TPSA) is 88.7 Å². The van der Waals surface area contributed by atoms with Crippen LogP contribution in [0.3, 0.4) is 0 Å². The van der Waals surface area contributed by atoms with Crippen molar-refractivity contribution in [2.75, 3.05) is 6.54 Å². The molecule has 9 heteroatoms. The Labute approximate surface area is 240 Å². The second-order valence-electron chi connectivity index (χ2n) is 11.0. The number of aromatic nitrogens is 1. The maximum atomic E-state index is 14.0. The fourth-order valence-corrected chi connectivity index (χ4v) is 5.51. The molecule has 1 aliphatic carbocycles. The Kier molecular flexibility index (Phi) is 9.91. The van der Waals surface area contributed by atoms with Crippen LogP contribution in [-0.4, -0.2) is 49.7 Å². The van der Waals surface area contributed by atoms with E-state index in [1.807, 2.05) is 37.1 Å². The summed E-state index contributed by atoms with van der Waals surface area (Å²) in [6.07, 6.45) is 7.65. The molecule has 1 atom stereocenters. The van der Waals surface area contributed by atoms with Crippen molar-refractivity contribution < 1.29 is 18.9 Å². The smallest absolute Gasteiger partial charge is 0.273 e. The third-order valence-electron chi connectivity index (χ3n) is 8.20. The van der Waals surface area contributed by atoms with E-state index < -0.39 is 4.92 Å². The van der Waals surface area contributed by atoms with Gasteiger partial charge in [0.15, 0.2) is 0 Å². The van der Waals surface area contributed by atoms with Gasteiger partial charge in [-0.25, -0.2) is 4.39 Å². The summed E-state index contributed by atoms with van der Waals surface area (Å²) in [4.78, 5) is 42.2. The van der Waals surface area contributed by atoms with Crippen molar-refractivity contribution in [3.63, 3.8) is 0 Å². The molecule has 1 aliphatic rings. The lowest BCUT2D eigenvalue weighted by Gasteiger charge is -2.37. The fraction of sp³-hybridized carbons (Fsp3) is 0.438. The summed E-state index contributed by atoms with van der Waals surface area (Å²) in [5.41, 5.74) is 2.48. The zero-order chi connectivity index (χ0) is 29.5. The van der Waals surface area contributed by atoms with Crippen LogP contribution in [0.1, 0.15) is 79.6 Å². The lowest BCUT2D eigenvalue weighted by Crippen LogP contribution is -2.49. The summed E-state index contributed by atoms with van der Waals surface area (Å²) in [5.74, 6) is -0.808. The zero-order valence-corrected chi connectivity index (χ0v) is 24.1. The van der Waals surface area contributed by atoms with Crippen LogP contribution in [0.25, 0.3) is 0 Å². The number of benzene rings is 2. The van der Waals surface area contributed by atoms with Crippen LogP contribution in [0.15, 0.2) is 60.8 Å². The predicted octanol–water partition coefficient (Wildman–Crippen LogP) is 6.49. The van der Waals surface area contributed by atoms with Crippen LogP contribution in [0, 0.1) is 22.9 Å². The summed E-state index contributed by atoms with van der Waals surface area (Å²) >= 11 is 0. The van der Waals surface area contributed by atoms with Crippen LogP contribution in [-0.2, 0) is 17.9 Å². The number of nitro groups is 1. The first-order chi connectivity index (χ1) is 19.7. The highest BCUT2D eigenvalue weighted by atomic mass is 19.1. The van der Waals surface area contributed by atoms with Gasteiger partial charge in [-0.05, 0) is 69.0 Å². The van der Waals surface area contributed by atoms with Gasteiger partial charge in [0, 0.05) is 47.7 Å². The highest BCUT2D eigenvalue weighted by molar-refractivity contribution is 5.97. The van der Waals surface area contributed by atoms with Crippen LogP contribution in [0.2, 0.25) is 0 Å². The summed E-state index contributed by atoms with van der Waals surface area (Å²) < 4.78 is 15.5. The number of rotatable bonds is 11. The third kappa shape index (κ3) is 7.39. The van der Waals surface area contributed by atoms with E-state index in [-0.39, 0.29) is 47.5 Å². The van der Waals surface area contributed by atoms with E-state index in [1.165, 1.54) is 18.2 Å². The van der Waals surface area contributed by atoms with E-state index in [2.05, 4.69) is 4.57 Å². The number of carbonyl (C=O) groups is 2.